The smallest absolute Gasteiger partial charge is 0.253 e. The van der Waals surface area contributed by atoms with E-state index in [-0.39, 0.29) is 18.0 Å². The van der Waals surface area contributed by atoms with Crippen molar-refractivity contribution >= 4 is 11.6 Å². The second-order valence-corrected chi connectivity index (χ2v) is 8.01. The van der Waals surface area contributed by atoms with Gasteiger partial charge in [-0.15, -0.1) is 0 Å². The van der Waals surface area contributed by atoms with Crippen molar-refractivity contribution in [2.24, 2.45) is 0 Å². The molecule has 154 valence electrons. The predicted octanol–water partition coefficient (Wildman–Crippen LogP) is 3.92. The first kappa shape index (κ1) is 20.0. The number of benzene rings is 2. The van der Waals surface area contributed by atoms with Gasteiger partial charge < -0.3 is 15.2 Å². The molecule has 5 heteroatoms. The molecule has 2 N–H and O–H groups in total. The van der Waals surface area contributed by atoms with E-state index in [2.05, 4.69) is 51.6 Å². The Bertz CT molecular complexity index is 1090. The molecule has 1 atom stereocenters. The van der Waals surface area contributed by atoms with Crippen LogP contribution in [0.5, 0.6) is 0 Å². The maximum absolute atomic E-state index is 12.5. The highest BCUT2D eigenvalue weighted by Crippen LogP contribution is 2.30. The van der Waals surface area contributed by atoms with Gasteiger partial charge in [0.1, 0.15) is 0 Å². The van der Waals surface area contributed by atoms with Crippen molar-refractivity contribution in [3.63, 3.8) is 0 Å². The van der Waals surface area contributed by atoms with Crippen molar-refractivity contribution in [2.45, 2.75) is 32.7 Å². The van der Waals surface area contributed by atoms with Crippen LogP contribution < -0.4 is 15.8 Å². The molecular formula is C25H27N3O2. The van der Waals surface area contributed by atoms with Crippen LogP contribution in [0.15, 0.2) is 65.5 Å². The molecule has 0 spiro atoms. The summed E-state index contributed by atoms with van der Waals surface area (Å²) in [5, 5.41) is 2.87. The van der Waals surface area contributed by atoms with Gasteiger partial charge in [0.15, 0.2) is 0 Å². The van der Waals surface area contributed by atoms with Crippen LogP contribution in [0.25, 0.3) is 0 Å². The Balaban J connectivity index is 1.38. The molecule has 0 aliphatic carbocycles. The molecule has 30 heavy (non-hydrogen) atoms. The van der Waals surface area contributed by atoms with Gasteiger partial charge in [-0.3, -0.25) is 9.59 Å². The SMILES string of the molecule is Cc1cc(C)c(CNC(=O)c2ccc(C3CCN(c4ccccc4)C3)cc2)c(=O)[nH]1. The van der Waals surface area contributed by atoms with Gasteiger partial charge in [-0.25, -0.2) is 0 Å². The van der Waals surface area contributed by atoms with E-state index in [1.54, 1.807) is 0 Å². The Morgan fingerprint density at radius 2 is 1.83 bits per heavy atom. The number of nitrogens with one attached hydrogen (secondary N) is 2. The second kappa shape index (κ2) is 8.57. The third kappa shape index (κ3) is 4.30. The average molecular weight is 402 g/mol. The number of carbonyl (C=O) groups is 1. The maximum Gasteiger partial charge on any atom is 0.253 e. The Morgan fingerprint density at radius 1 is 1.10 bits per heavy atom. The molecule has 1 aliphatic rings. The third-order valence-electron chi connectivity index (χ3n) is 5.87. The van der Waals surface area contributed by atoms with Crippen molar-refractivity contribution in [3.05, 3.63) is 99.0 Å². The number of carbonyl (C=O) groups excluding carboxylic acids is 1. The van der Waals surface area contributed by atoms with Crippen LogP contribution in [0.4, 0.5) is 5.69 Å². The largest absolute Gasteiger partial charge is 0.371 e. The molecule has 0 saturated carbocycles. The van der Waals surface area contributed by atoms with Crippen LogP contribution in [0.1, 0.15) is 45.1 Å². The number of para-hydroxylation sites is 1. The minimum Gasteiger partial charge on any atom is -0.371 e. The van der Waals surface area contributed by atoms with Gasteiger partial charge in [0.25, 0.3) is 11.5 Å². The number of nitrogens with zero attached hydrogens (tertiary/aromatic N) is 1. The number of aromatic nitrogens is 1. The fraction of sp³-hybridized carbons (Fsp3) is 0.280. The summed E-state index contributed by atoms with van der Waals surface area (Å²) in [5.41, 5.74) is 5.29. The Labute approximate surface area is 176 Å². The summed E-state index contributed by atoms with van der Waals surface area (Å²) in [6.07, 6.45) is 1.11. The summed E-state index contributed by atoms with van der Waals surface area (Å²) >= 11 is 0. The topological polar surface area (TPSA) is 65.2 Å². The molecule has 3 aromatic rings. The highest BCUT2D eigenvalue weighted by Gasteiger charge is 2.24. The van der Waals surface area contributed by atoms with Gasteiger partial charge >= 0.3 is 0 Å². The first-order valence-electron chi connectivity index (χ1n) is 10.4. The number of pyridine rings is 1. The number of anilines is 1. The van der Waals surface area contributed by atoms with Crippen LogP contribution in [0.3, 0.4) is 0 Å². The predicted molar refractivity (Wildman–Crippen MR) is 120 cm³/mol. The van der Waals surface area contributed by atoms with Gasteiger partial charge in [0.05, 0.1) is 0 Å². The van der Waals surface area contributed by atoms with Gasteiger partial charge in [-0.05, 0) is 61.7 Å². The Kier molecular flexibility index (Phi) is 5.70. The van der Waals surface area contributed by atoms with Crippen molar-refractivity contribution in [1.29, 1.82) is 0 Å². The van der Waals surface area contributed by atoms with Gasteiger partial charge in [-0.2, -0.15) is 0 Å². The van der Waals surface area contributed by atoms with Crippen molar-refractivity contribution in [1.82, 2.24) is 10.3 Å². The van der Waals surface area contributed by atoms with Crippen molar-refractivity contribution in [2.75, 3.05) is 18.0 Å². The third-order valence-corrected chi connectivity index (χ3v) is 5.87. The van der Waals surface area contributed by atoms with Gasteiger partial charge in [0, 0.05) is 48.1 Å². The fourth-order valence-corrected chi connectivity index (χ4v) is 4.18. The van der Waals surface area contributed by atoms with Crippen LogP contribution in [-0.2, 0) is 6.54 Å². The fourth-order valence-electron chi connectivity index (χ4n) is 4.18. The van der Waals surface area contributed by atoms with E-state index in [4.69, 9.17) is 0 Å². The maximum atomic E-state index is 12.5. The Morgan fingerprint density at radius 3 is 2.53 bits per heavy atom. The monoisotopic (exact) mass is 401 g/mol. The summed E-state index contributed by atoms with van der Waals surface area (Å²) in [7, 11) is 0. The van der Waals surface area contributed by atoms with Crippen LogP contribution in [0, 0.1) is 13.8 Å². The number of H-pyrrole nitrogens is 1. The molecule has 5 nitrogen and oxygen atoms in total. The number of amides is 1. The van der Waals surface area contributed by atoms with E-state index < -0.39 is 0 Å². The lowest BCUT2D eigenvalue weighted by molar-refractivity contribution is 0.0950. The minimum atomic E-state index is -0.168. The summed E-state index contributed by atoms with van der Waals surface area (Å²) in [4.78, 5) is 29.9. The molecule has 0 bridgehead atoms. The normalized spacial score (nSPS) is 15.9. The number of aryl methyl sites for hydroxylation is 2. The summed E-state index contributed by atoms with van der Waals surface area (Å²) < 4.78 is 0. The molecule has 2 heterocycles. The highest BCUT2D eigenvalue weighted by molar-refractivity contribution is 5.94. The molecule has 4 rings (SSSR count). The quantitative estimate of drug-likeness (QED) is 0.681. The molecule has 2 aromatic carbocycles. The summed E-state index contributed by atoms with van der Waals surface area (Å²) in [5.74, 6) is 0.300. The minimum absolute atomic E-state index is 0.146. The zero-order chi connectivity index (χ0) is 21.1. The number of hydrogen-bond acceptors (Lipinski definition) is 3. The van der Waals surface area contributed by atoms with E-state index >= 15 is 0 Å². The van der Waals surface area contributed by atoms with E-state index in [0.29, 0.717) is 17.0 Å². The average Bonchev–Trinajstić information content (AvgIpc) is 3.24. The molecule has 0 radical (unpaired) electrons. The van der Waals surface area contributed by atoms with Crippen molar-refractivity contribution < 1.29 is 4.79 Å². The van der Waals surface area contributed by atoms with Gasteiger partial charge in [0.2, 0.25) is 0 Å². The Hall–Kier alpha value is -3.34. The van der Waals surface area contributed by atoms with Crippen LogP contribution >= 0.6 is 0 Å². The molecule has 1 amide bonds. The number of rotatable bonds is 5. The molecular weight excluding hydrogens is 374 g/mol. The standard InChI is InChI=1S/C25H27N3O2/c1-17-14-18(2)27-25(30)23(17)15-26-24(29)20-10-8-19(9-11-20)21-12-13-28(16-21)22-6-4-3-5-7-22/h3-11,14,21H,12-13,15-16H2,1-2H3,(H,26,29)(H,27,30). The molecule has 1 aliphatic heterocycles. The lowest BCUT2D eigenvalue weighted by atomic mass is 9.97. The second-order valence-electron chi connectivity index (χ2n) is 8.01. The molecule has 1 aromatic heterocycles. The van der Waals surface area contributed by atoms with E-state index in [9.17, 15) is 9.59 Å². The van der Waals surface area contributed by atoms with Gasteiger partial charge in [-0.1, -0.05) is 30.3 Å². The van der Waals surface area contributed by atoms with E-state index in [1.165, 1.54) is 11.3 Å². The lowest BCUT2D eigenvalue weighted by Crippen LogP contribution is -2.27. The highest BCUT2D eigenvalue weighted by atomic mass is 16.1. The zero-order valence-electron chi connectivity index (χ0n) is 17.4. The van der Waals surface area contributed by atoms with E-state index in [1.807, 2.05) is 38.1 Å². The lowest BCUT2D eigenvalue weighted by Gasteiger charge is -2.18. The summed E-state index contributed by atoms with van der Waals surface area (Å²) in [6.45, 7) is 5.99. The first-order chi connectivity index (χ1) is 14.5. The van der Waals surface area contributed by atoms with Crippen LogP contribution in [-0.4, -0.2) is 24.0 Å². The number of aromatic amines is 1. The zero-order valence-corrected chi connectivity index (χ0v) is 17.4. The summed E-state index contributed by atoms with van der Waals surface area (Å²) in [6, 6.07) is 20.3. The van der Waals surface area contributed by atoms with Crippen LogP contribution in [0.2, 0.25) is 0 Å². The van der Waals surface area contributed by atoms with Crippen molar-refractivity contribution in [3.8, 4) is 0 Å². The first-order valence-corrected chi connectivity index (χ1v) is 10.4. The van der Waals surface area contributed by atoms with E-state index in [0.717, 1.165) is 30.8 Å². The number of hydrogen-bond donors (Lipinski definition) is 2. The molecule has 1 fully saturated rings. The molecule has 1 unspecified atom stereocenters. The molecule has 1 saturated heterocycles.